The second-order valence-electron chi connectivity index (χ2n) is 4.40. The van der Waals surface area contributed by atoms with Gasteiger partial charge in [0, 0.05) is 25.4 Å². The zero-order chi connectivity index (χ0) is 15.0. The maximum absolute atomic E-state index is 6.60. The number of alkyl halides is 1. The third kappa shape index (κ3) is 3.03. The van der Waals surface area contributed by atoms with Gasteiger partial charge in [0.05, 0.1) is 17.0 Å². The molecule has 2 aromatic heterocycles. The molecule has 0 aliphatic carbocycles. The van der Waals surface area contributed by atoms with Gasteiger partial charge in [-0.3, -0.25) is 0 Å². The van der Waals surface area contributed by atoms with Crippen molar-refractivity contribution in [2.45, 2.75) is 12.3 Å². The fourth-order valence-electron chi connectivity index (χ4n) is 2.07. The molecule has 1 aromatic carbocycles. The van der Waals surface area contributed by atoms with Crippen molar-refractivity contribution in [2.75, 3.05) is 6.61 Å². The number of hydrogen-bond acceptors (Lipinski definition) is 3. The van der Waals surface area contributed by atoms with Gasteiger partial charge in [-0.2, -0.15) is 0 Å². The Kier molecular flexibility index (Phi) is 4.67. The molecule has 3 aromatic rings. The number of halogens is 3. The molecule has 0 N–H and O–H groups in total. The highest BCUT2D eigenvalue weighted by Crippen LogP contribution is 2.43. The second-order valence-corrected chi connectivity index (χ2v) is 7.71. The van der Waals surface area contributed by atoms with Gasteiger partial charge in [-0.25, -0.2) is 0 Å². The van der Waals surface area contributed by atoms with Gasteiger partial charge in [-0.05, 0) is 36.1 Å². The summed E-state index contributed by atoms with van der Waals surface area (Å²) in [5.74, 6) is 0.587. The Morgan fingerprint density at radius 2 is 1.95 bits per heavy atom. The van der Waals surface area contributed by atoms with Gasteiger partial charge in [-0.15, -0.1) is 34.3 Å². The zero-order valence-electron chi connectivity index (χ0n) is 11.0. The lowest BCUT2D eigenvalue weighted by Gasteiger charge is -2.13. The molecule has 0 fully saturated rings. The Morgan fingerprint density at radius 1 is 1.14 bits per heavy atom. The predicted octanol–water partition coefficient (Wildman–Crippen LogP) is 7.00. The summed E-state index contributed by atoms with van der Waals surface area (Å²) in [6, 6.07) is 7.74. The summed E-state index contributed by atoms with van der Waals surface area (Å²) in [5, 5.41) is 2.87. The van der Waals surface area contributed by atoms with Crippen LogP contribution in [0.2, 0.25) is 10.0 Å². The molecule has 1 nitrogen and oxygen atoms in total. The molecule has 0 saturated heterocycles. The van der Waals surface area contributed by atoms with E-state index < -0.39 is 0 Å². The SMILES string of the molecule is CCOc1cc(Cl)c(C(Cl)c2cc3sccc3s2)cc1Cl. The molecule has 0 amide bonds. The summed E-state index contributed by atoms with van der Waals surface area (Å²) in [4.78, 5) is 1.07. The molecule has 0 aliphatic rings. The van der Waals surface area contributed by atoms with Gasteiger partial charge < -0.3 is 4.74 Å². The number of hydrogen-bond donors (Lipinski definition) is 0. The van der Waals surface area contributed by atoms with Crippen molar-refractivity contribution in [2.24, 2.45) is 0 Å². The van der Waals surface area contributed by atoms with E-state index in [1.807, 2.05) is 6.92 Å². The van der Waals surface area contributed by atoms with Crippen molar-refractivity contribution in [3.05, 3.63) is 50.1 Å². The van der Waals surface area contributed by atoms with Crippen LogP contribution in [0.5, 0.6) is 5.75 Å². The van der Waals surface area contributed by atoms with Crippen LogP contribution in [0.25, 0.3) is 9.40 Å². The van der Waals surface area contributed by atoms with Gasteiger partial charge in [-0.1, -0.05) is 23.2 Å². The average Bonchev–Trinajstić information content (AvgIpc) is 3.03. The van der Waals surface area contributed by atoms with Crippen LogP contribution in [0.3, 0.4) is 0 Å². The molecule has 110 valence electrons. The maximum atomic E-state index is 6.60. The summed E-state index contributed by atoms with van der Waals surface area (Å²) in [6.07, 6.45) is 0. The number of benzene rings is 1. The molecule has 21 heavy (non-hydrogen) atoms. The van der Waals surface area contributed by atoms with E-state index in [9.17, 15) is 0 Å². The van der Waals surface area contributed by atoms with Crippen molar-refractivity contribution in [3.8, 4) is 5.75 Å². The fourth-order valence-corrected chi connectivity index (χ4v) is 5.11. The van der Waals surface area contributed by atoms with Gasteiger partial charge >= 0.3 is 0 Å². The van der Waals surface area contributed by atoms with Gasteiger partial charge in [0.15, 0.2) is 0 Å². The van der Waals surface area contributed by atoms with Gasteiger partial charge in [0.2, 0.25) is 0 Å². The van der Waals surface area contributed by atoms with E-state index in [4.69, 9.17) is 39.5 Å². The molecule has 3 rings (SSSR count). The van der Waals surface area contributed by atoms with Crippen LogP contribution in [0.1, 0.15) is 22.7 Å². The Labute approximate surface area is 146 Å². The minimum absolute atomic E-state index is 0.310. The fraction of sp³-hybridized carbons (Fsp3) is 0.200. The van der Waals surface area contributed by atoms with Crippen LogP contribution in [0.15, 0.2) is 29.6 Å². The van der Waals surface area contributed by atoms with Crippen LogP contribution < -0.4 is 4.74 Å². The summed E-state index contributed by atoms with van der Waals surface area (Å²) in [5.41, 5.74) is 0.806. The first kappa shape index (κ1) is 15.4. The van der Waals surface area contributed by atoms with E-state index in [1.165, 1.54) is 9.40 Å². The van der Waals surface area contributed by atoms with E-state index in [0.717, 1.165) is 10.4 Å². The molecular formula is C15H11Cl3OS2. The molecule has 0 spiro atoms. The topological polar surface area (TPSA) is 9.23 Å². The van der Waals surface area contributed by atoms with Crippen LogP contribution in [-0.2, 0) is 0 Å². The summed E-state index contributed by atoms with van der Waals surface area (Å²) in [7, 11) is 0. The third-order valence-corrected chi connectivity index (χ3v) is 6.41. The van der Waals surface area contributed by atoms with Crippen molar-refractivity contribution in [1.82, 2.24) is 0 Å². The number of rotatable bonds is 4. The Bertz CT molecular complexity index is 750. The molecule has 0 saturated carbocycles. The lowest BCUT2D eigenvalue weighted by molar-refractivity contribution is 0.340. The number of thiophene rings is 2. The predicted molar refractivity (Wildman–Crippen MR) is 95.0 cm³/mol. The third-order valence-electron chi connectivity index (χ3n) is 3.03. The molecule has 0 bridgehead atoms. The lowest BCUT2D eigenvalue weighted by Crippen LogP contribution is -1.96. The van der Waals surface area contributed by atoms with Crippen molar-refractivity contribution in [3.63, 3.8) is 0 Å². The number of ether oxygens (including phenoxy) is 1. The zero-order valence-corrected chi connectivity index (χ0v) is 14.9. The normalized spacial score (nSPS) is 12.8. The van der Waals surface area contributed by atoms with Gasteiger partial charge in [0.25, 0.3) is 0 Å². The first-order chi connectivity index (χ1) is 10.1. The van der Waals surface area contributed by atoms with E-state index >= 15 is 0 Å². The number of fused-ring (bicyclic) bond motifs is 1. The van der Waals surface area contributed by atoms with E-state index in [-0.39, 0.29) is 5.38 Å². The molecule has 6 heteroatoms. The minimum Gasteiger partial charge on any atom is -0.492 e. The first-order valence-corrected chi connectivity index (χ1v) is 9.21. The highest BCUT2D eigenvalue weighted by atomic mass is 35.5. The molecule has 2 heterocycles. The molecule has 1 unspecified atom stereocenters. The molecule has 0 radical (unpaired) electrons. The molecule has 1 atom stereocenters. The summed E-state index contributed by atoms with van der Waals surface area (Å²) < 4.78 is 7.93. The van der Waals surface area contributed by atoms with Crippen molar-refractivity contribution < 1.29 is 4.74 Å². The van der Waals surface area contributed by atoms with Crippen LogP contribution in [0, 0.1) is 0 Å². The molecular weight excluding hydrogens is 367 g/mol. The minimum atomic E-state index is -0.310. The van der Waals surface area contributed by atoms with E-state index in [2.05, 4.69) is 17.5 Å². The maximum Gasteiger partial charge on any atom is 0.139 e. The van der Waals surface area contributed by atoms with Crippen LogP contribution in [-0.4, -0.2) is 6.61 Å². The molecule has 0 aliphatic heterocycles. The monoisotopic (exact) mass is 376 g/mol. The van der Waals surface area contributed by atoms with E-state index in [0.29, 0.717) is 22.4 Å². The highest BCUT2D eigenvalue weighted by molar-refractivity contribution is 7.27. The standard InChI is InChI=1S/C15H11Cl3OS2/c1-2-19-11-6-9(16)8(5-10(11)17)15(18)14-7-13-12(21-14)3-4-20-13/h3-7,15H,2H2,1H3. The van der Waals surface area contributed by atoms with Crippen LogP contribution >= 0.6 is 57.5 Å². The summed E-state index contributed by atoms with van der Waals surface area (Å²) in [6.45, 7) is 2.45. The first-order valence-electron chi connectivity index (χ1n) is 6.33. The quantitative estimate of drug-likeness (QED) is 0.445. The van der Waals surface area contributed by atoms with Crippen LogP contribution in [0.4, 0.5) is 0 Å². The second kappa shape index (κ2) is 6.35. The summed E-state index contributed by atoms with van der Waals surface area (Å²) >= 11 is 22.6. The Balaban J connectivity index is 1.99. The van der Waals surface area contributed by atoms with Crippen molar-refractivity contribution in [1.29, 1.82) is 0 Å². The Morgan fingerprint density at radius 3 is 2.67 bits per heavy atom. The van der Waals surface area contributed by atoms with E-state index in [1.54, 1.807) is 34.8 Å². The highest BCUT2D eigenvalue weighted by Gasteiger charge is 2.19. The Hall–Kier alpha value is -0.450. The lowest BCUT2D eigenvalue weighted by atomic mass is 10.1. The smallest absolute Gasteiger partial charge is 0.139 e. The average molecular weight is 378 g/mol. The largest absolute Gasteiger partial charge is 0.492 e. The van der Waals surface area contributed by atoms with Crippen molar-refractivity contribution >= 4 is 66.9 Å². The van der Waals surface area contributed by atoms with Gasteiger partial charge in [0.1, 0.15) is 5.75 Å².